The van der Waals surface area contributed by atoms with Crippen molar-refractivity contribution < 1.29 is 19.1 Å². The molecule has 0 atom stereocenters. The van der Waals surface area contributed by atoms with Gasteiger partial charge in [0.2, 0.25) is 0 Å². The molecule has 0 fully saturated rings. The van der Waals surface area contributed by atoms with E-state index in [4.69, 9.17) is 9.47 Å². The van der Waals surface area contributed by atoms with Gasteiger partial charge in [-0.05, 0) is 38.5 Å². The predicted octanol–water partition coefficient (Wildman–Crippen LogP) is 6.38. The lowest BCUT2D eigenvalue weighted by molar-refractivity contribution is -0.142. The van der Waals surface area contributed by atoms with Crippen molar-refractivity contribution in [3.63, 3.8) is 0 Å². The van der Waals surface area contributed by atoms with Crippen molar-refractivity contribution in [1.29, 1.82) is 0 Å². The van der Waals surface area contributed by atoms with E-state index in [9.17, 15) is 9.59 Å². The van der Waals surface area contributed by atoms with Crippen LogP contribution < -0.4 is 0 Å². The highest BCUT2D eigenvalue weighted by atomic mass is 16.5. The van der Waals surface area contributed by atoms with Crippen LogP contribution in [0.3, 0.4) is 0 Å². The van der Waals surface area contributed by atoms with Crippen molar-refractivity contribution in [1.82, 2.24) is 0 Å². The molecule has 0 amide bonds. The maximum atomic E-state index is 12.5. The van der Waals surface area contributed by atoms with E-state index in [2.05, 4.69) is 27.7 Å². The van der Waals surface area contributed by atoms with Crippen molar-refractivity contribution >= 4 is 11.9 Å². The topological polar surface area (TPSA) is 52.6 Å². The van der Waals surface area contributed by atoms with E-state index >= 15 is 0 Å². The lowest BCUT2D eigenvalue weighted by atomic mass is 9.85. The average Bonchev–Trinajstić information content (AvgIpc) is 2.58. The Hall–Kier alpha value is -1.32. The highest BCUT2D eigenvalue weighted by molar-refractivity contribution is 6.00. The lowest BCUT2D eigenvalue weighted by Gasteiger charge is -2.22. The zero-order valence-corrected chi connectivity index (χ0v) is 18.6. The number of ether oxygens (including phenoxy) is 2. The number of carbonyl (C=O) groups excluding carboxylic acids is 2. The predicted molar refractivity (Wildman–Crippen MR) is 112 cm³/mol. The van der Waals surface area contributed by atoms with Crippen molar-refractivity contribution in [3.8, 4) is 0 Å². The lowest BCUT2D eigenvalue weighted by Crippen LogP contribution is -2.21. The smallest absolute Gasteiger partial charge is 0.334 e. The van der Waals surface area contributed by atoms with E-state index in [-0.39, 0.29) is 17.4 Å². The maximum Gasteiger partial charge on any atom is 0.334 e. The molecular formula is C23H42O4. The number of hydrogen-bond acceptors (Lipinski definition) is 4. The van der Waals surface area contributed by atoms with Gasteiger partial charge in [0.05, 0.1) is 13.2 Å². The molecule has 0 bridgehead atoms. The number of carbonyl (C=O) groups is 2. The van der Waals surface area contributed by atoms with E-state index in [1.54, 1.807) is 13.8 Å². The van der Waals surface area contributed by atoms with Crippen LogP contribution in [-0.2, 0) is 19.1 Å². The van der Waals surface area contributed by atoms with Crippen LogP contribution in [-0.4, -0.2) is 25.2 Å². The van der Waals surface area contributed by atoms with Gasteiger partial charge in [0.25, 0.3) is 0 Å². The van der Waals surface area contributed by atoms with Gasteiger partial charge in [-0.1, -0.05) is 72.6 Å². The molecule has 0 heterocycles. The highest BCUT2D eigenvalue weighted by Gasteiger charge is 2.27. The summed E-state index contributed by atoms with van der Waals surface area (Å²) in [5.41, 5.74) is 0.890. The van der Waals surface area contributed by atoms with Crippen LogP contribution in [0.5, 0.6) is 0 Å². The SMILES string of the molecule is CCCCCCCCCCC(C(=O)OCC)=C(CC(C)(C)C)C(=O)OCC. The maximum absolute atomic E-state index is 12.5. The zero-order chi connectivity index (χ0) is 20.7. The number of rotatable bonds is 14. The molecule has 0 unspecified atom stereocenters. The fraction of sp³-hybridized carbons (Fsp3) is 0.826. The van der Waals surface area contributed by atoms with E-state index in [0.29, 0.717) is 37.2 Å². The Labute approximate surface area is 167 Å². The van der Waals surface area contributed by atoms with Crippen molar-refractivity contribution in [2.24, 2.45) is 5.41 Å². The zero-order valence-electron chi connectivity index (χ0n) is 18.6. The average molecular weight is 383 g/mol. The molecule has 0 aliphatic rings. The molecule has 0 rings (SSSR count). The minimum Gasteiger partial charge on any atom is -0.463 e. The normalized spacial score (nSPS) is 12.5. The van der Waals surface area contributed by atoms with Gasteiger partial charge in [0.15, 0.2) is 0 Å². The first-order valence-corrected chi connectivity index (χ1v) is 10.8. The van der Waals surface area contributed by atoms with Gasteiger partial charge in [-0.3, -0.25) is 0 Å². The first kappa shape index (κ1) is 25.7. The summed E-state index contributed by atoms with van der Waals surface area (Å²) in [6.07, 6.45) is 10.6. The molecule has 0 saturated carbocycles. The molecule has 4 nitrogen and oxygen atoms in total. The molecule has 0 aromatic carbocycles. The van der Waals surface area contributed by atoms with Crippen LogP contribution in [0.25, 0.3) is 0 Å². The molecule has 0 radical (unpaired) electrons. The van der Waals surface area contributed by atoms with Crippen LogP contribution in [0, 0.1) is 5.41 Å². The Bertz CT molecular complexity index is 457. The van der Waals surface area contributed by atoms with Crippen LogP contribution in [0.15, 0.2) is 11.1 Å². The summed E-state index contributed by atoms with van der Waals surface area (Å²) in [5.74, 6) is -0.747. The van der Waals surface area contributed by atoms with Gasteiger partial charge >= 0.3 is 11.9 Å². The quantitative estimate of drug-likeness (QED) is 0.199. The molecule has 27 heavy (non-hydrogen) atoms. The van der Waals surface area contributed by atoms with Gasteiger partial charge in [-0.15, -0.1) is 0 Å². The summed E-state index contributed by atoms with van der Waals surface area (Å²) in [6.45, 7) is 12.6. The summed E-state index contributed by atoms with van der Waals surface area (Å²) >= 11 is 0. The number of unbranched alkanes of at least 4 members (excludes halogenated alkanes) is 7. The van der Waals surface area contributed by atoms with Crippen molar-refractivity contribution in [3.05, 3.63) is 11.1 Å². The summed E-state index contributed by atoms with van der Waals surface area (Å²) in [7, 11) is 0. The standard InChI is InChI=1S/C23H42O4/c1-7-10-11-12-13-14-15-16-17-19(21(24)26-8-2)20(18-23(4,5)6)22(25)27-9-3/h7-18H2,1-6H3. The van der Waals surface area contributed by atoms with Crippen LogP contribution in [0.4, 0.5) is 0 Å². The third-order valence-corrected chi connectivity index (χ3v) is 4.40. The van der Waals surface area contributed by atoms with E-state index < -0.39 is 0 Å². The van der Waals surface area contributed by atoms with Crippen molar-refractivity contribution in [2.75, 3.05) is 13.2 Å². The Morgan fingerprint density at radius 2 is 1.11 bits per heavy atom. The molecule has 0 aromatic heterocycles. The third-order valence-electron chi connectivity index (χ3n) is 4.40. The molecule has 4 heteroatoms. The Balaban J connectivity index is 5.05. The van der Waals surface area contributed by atoms with Crippen LogP contribution in [0.2, 0.25) is 0 Å². The molecule has 0 spiro atoms. The molecule has 0 N–H and O–H groups in total. The largest absolute Gasteiger partial charge is 0.463 e. The highest BCUT2D eigenvalue weighted by Crippen LogP contribution is 2.29. The monoisotopic (exact) mass is 382 g/mol. The third kappa shape index (κ3) is 12.6. The van der Waals surface area contributed by atoms with E-state index in [1.807, 2.05) is 0 Å². The molecule has 0 aliphatic heterocycles. The minimum absolute atomic E-state index is 0.112. The molecule has 0 aliphatic carbocycles. The fourth-order valence-electron chi connectivity index (χ4n) is 3.08. The van der Waals surface area contributed by atoms with E-state index in [0.717, 1.165) is 12.8 Å². The van der Waals surface area contributed by atoms with Gasteiger partial charge in [0.1, 0.15) is 0 Å². The van der Waals surface area contributed by atoms with Gasteiger partial charge < -0.3 is 9.47 Å². The fourth-order valence-corrected chi connectivity index (χ4v) is 3.08. The van der Waals surface area contributed by atoms with Crippen molar-refractivity contribution in [2.45, 2.75) is 106 Å². The minimum atomic E-state index is -0.380. The van der Waals surface area contributed by atoms with Crippen LogP contribution >= 0.6 is 0 Å². The van der Waals surface area contributed by atoms with Crippen LogP contribution in [0.1, 0.15) is 106 Å². The summed E-state index contributed by atoms with van der Waals surface area (Å²) in [5, 5.41) is 0. The molecule has 0 saturated heterocycles. The number of esters is 2. The molecule has 158 valence electrons. The first-order valence-electron chi connectivity index (χ1n) is 10.8. The second-order valence-electron chi connectivity index (χ2n) is 8.36. The Morgan fingerprint density at radius 3 is 1.56 bits per heavy atom. The summed E-state index contributed by atoms with van der Waals surface area (Å²) < 4.78 is 10.5. The van der Waals surface area contributed by atoms with Gasteiger partial charge in [-0.2, -0.15) is 0 Å². The molecular weight excluding hydrogens is 340 g/mol. The Morgan fingerprint density at radius 1 is 0.667 bits per heavy atom. The molecule has 0 aromatic rings. The summed E-state index contributed by atoms with van der Waals surface area (Å²) in [6, 6.07) is 0. The second-order valence-corrected chi connectivity index (χ2v) is 8.36. The summed E-state index contributed by atoms with van der Waals surface area (Å²) in [4.78, 5) is 25.0. The van der Waals surface area contributed by atoms with Gasteiger partial charge in [-0.25, -0.2) is 9.59 Å². The van der Waals surface area contributed by atoms with E-state index in [1.165, 1.54) is 38.5 Å². The van der Waals surface area contributed by atoms with Gasteiger partial charge in [0, 0.05) is 11.1 Å². The second kappa shape index (κ2) is 14.7. The first-order chi connectivity index (χ1) is 12.8. The Kier molecular flexibility index (Phi) is 14.0. The number of hydrogen-bond donors (Lipinski definition) is 0.